The van der Waals surface area contributed by atoms with Crippen molar-refractivity contribution in [3.05, 3.63) is 54.6 Å². The summed E-state index contributed by atoms with van der Waals surface area (Å²) < 4.78 is 16.9. The van der Waals surface area contributed by atoms with E-state index >= 15 is 0 Å². The molecule has 1 heterocycles. The molecule has 21 heavy (non-hydrogen) atoms. The van der Waals surface area contributed by atoms with Crippen LogP contribution in [0, 0.1) is 0 Å². The minimum absolute atomic E-state index is 0.171. The van der Waals surface area contributed by atoms with Gasteiger partial charge in [-0.05, 0) is 36.5 Å². The molecule has 3 rings (SSSR count). The summed E-state index contributed by atoms with van der Waals surface area (Å²) in [5, 5.41) is 3.34. The van der Waals surface area contributed by atoms with E-state index in [1.807, 2.05) is 54.6 Å². The lowest BCUT2D eigenvalue weighted by atomic mass is 10.3. The molecule has 5 heteroatoms. The number of nitrogens with one attached hydrogen (secondary N) is 1. The van der Waals surface area contributed by atoms with Gasteiger partial charge in [0.05, 0.1) is 0 Å². The van der Waals surface area contributed by atoms with Crippen LogP contribution in [0.25, 0.3) is 0 Å². The maximum absolute atomic E-state index is 5.80. The third kappa shape index (κ3) is 3.64. The number of para-hydroxylation sites is 3. The highest BCUT2D eigenvalue weighted by Gasteiger charge is 2.21. The molecule has 0 saturated carbocycles. The van der Waals surface area contributed by atoms with Gasteiger partial charge in [0.15, 0.2) is 17.6 Å². The molecule has 0 aliphatic carbocycles. The smallest absolute Gasteiger partial charge is 0.261 e. The predicted molar refractivity (Wildman–Crippen MR) is 85.0 cm³/mol. The predicted octanol–water partition coefficient (Wildman–Crippen LogP) is 3.24. The molecule has 1 aliphatic rings. The molecule has 4 nitrogen and oxygen atoms in total. The summed E-state index contributed by atoms with van der Waals surface area (Å²) in [6.45, 7) is 0.790. The van der Waals surface area contributed by atoms with Crippen LogP contribution in [0.2, 0.25) is 0 Å². The van der Waals surface area contributed by atoms with Crippen LogP contribution in [-0.2, 0) is 4.74 Å². The number of hydrogen-bond acceptors (Lipinski definition) is 4. The minimum Gasteiger partial charge on any atom is -0.486 e. The first-order valence-corrected chi connectivity index (χ1v) is 7.09. The molecule has 0 amide bonds. The van der Waals surface area contributed by atoms with Gasteiger partial charge >= 0.3 is 0 Å². The van der Waals surface area contributed by atoms with Crippen LogP contribution in [-0.4, -0.2) is 24.5 Å². The minimum atomic E-state index is -0.171. The fraction of sp³-hybridized carbons (Fsp3) is 0.188. The van der Waals surface area contributed by atoms with E-state index in [-0.39, 0.29) is 6.10 Å². The average molecular weight is 301 g/mol. The first kappa shape index (κ1) is 13.7. The fourth-order valence-corrected chi connectivity index (χ4v) is 2.18. The summed E-state index contributed by atoms with van der Waals surface area (Å²) in [6.07, 6.45) is -0.171. The summed E-state index contributed by atoms with van der Waals surface area (Å²) in [4.78, 5) is 0. The van der Waals surface area contributed by atoms with E-state index in [4.69, 9.17) is 26.4 Å². The molecule has 1 aliphatic heterocycles. The standard InChI is InChI=1S/C16H15NO3S/c21-16(17-12-6-2-1-3-7-12)19-11-13-10-18-14-8-4-5-9-15(14)20-13/h1-9,13H,10-11H2,(H,17,21). The maximum Gasteiger partial charge on any atom is 0.261 e. The van der Waals surface area contributed by atoms with E-state index in [9.17, 15) is 0 Å². The van der Waals surface area contributed by atoms with Gasteiger partial charge in [-0.25, -0.2) is 0 Å². The van der Waals surface area contributed by atoms with Crippen LogP contribution in [0.15, 0.2) is 54.6 Å². The van der Waals surface area contributed by atoms with Crippen LogP contribution in [0.1, 0.15) is 0 Å². The molecule has 0 aromatic heterocycles. The Morgan fingerprint density at radius 2 is 1.81 bits per heavy atom. The van der Waals surface area contributed by atoms with Crippen LogP contribution in [0.4, 0.5) is 5.69 Å². The van der Waals surface area contributed by atoms with Crippen molar-refractivity contribution < 1.29 is 14.2 Å². The zero-order valence-corrected chi connectivity index (χ0v) is 12.1. The van der Waals surface area contributed by atoms with Crippen LogP contribution < -0.4 is 14.8 Å². The summed E-state index contributed by atoms with van der Waals surface area (Å²) in [5.41, 5.74) is 0.897. The highest BCUT2D eigenvalue weighted by atomic mass is 32.1. The number of fused-ring (bicyclic) bond motifs is 1. The topological polar surface area (TPSA) is 39.7 Å². The van der Waals surface area contributed by atoms with Crippen LogP contribution >= 0.6 is 12.2 Å². The Bertz CT molecular complexity index is 618. The zero-order chi connectivity index (χ0) is 14.5. The van der Waals surface area contributed by atoms with E-state index in [1.54, 1.807) is 0 Å². The molecule has 0 radical (unpaired) electrons. The van der Waals surface area contributed by atoms with E-state index in [2.05, 4.69) is 5.32 Å². The molecular weight excluding hydrogens is 286 g/mol. The van der Waals surface area contributed by atoms with Gasteiger partial charge in [0.25, 0.3) is 5.17 Å². The quantitative estimate of drug-likeness (QED) is 0.881. The van der Waals surface area contributed by atoms with Crippen molar-refractivity contribution in [3.63, 3.8) is 0 Å². The summed E-state index contributed by atoms with van der Waals surface area (Å²) in [6, 6.07) is 17.2. The maximum atomic E-state index is 5.80. The van der Waals surface area contributed by atoms with Gasteiger partial charge in [0.2, 0.25) is 0 Å². The molecule has 2 aromatic carbocycles. The lowest BCUT2D eigenvalue weighted by Crippen LogP contribution is -2.34. The third-order valence-electron chi connectivity index (χ3n) is 2.99. The molecule has 0 saturated heterocycles. The third-order valence-corrected chi connectivity index (χ3v) is 3.21. The molecule has 1 N–H and O–H groups in total. The molecule has 0 fully saturated rings. The summed E-state index contributed by atoms with van der Waals surface area (Å²) in [5.74, 6) is 1.50. The van der Waals surface area contributed by atoms with Gasteiger partial charge in [0.1, 0.15) is 13.2 Å². The molecule has 1 atom stereocenters. The monoisotopic (exact) mass is 301 g/mol. The van der Waals surface area contributed by atoms with Crippen LogP contribution in [0.5, 0.6) is 11.5 Å². The molecule has 0 bridgehead atoms. The van der Waals surface area contributed by atoms with Gasteiger partial charge in [-0.1, -0.05) is 30.3 Å². The van der Waals surface area contributed by atoms with Gasteiger partial charge in [0, 0.05) is 5.69 Å². The number of thiocarbonyl (C=S) groups is 1. The SMILES string of the molecule is S=C(Nc1ccccc1)OCC1COc2ccccc2O1. The highest BCUT2D eigenvalue weighted by Crippen LogP contribution is 2.30. The van der Waals surface area contributed by atoms with E-state index < -0.39 is 0 Å². The van der Waals surface area contributed by atoms with E-state index in [0.29, 0.717) is 18.4 Å². The Hall–Kier alpha value is -2.27. The van der Waals surface area contributed by atoms with E-state index in [1.165, 1.54) is 0 Å². The zero-order valence-electron chi connectivity index (χ0n) is 11.3. The van der Waals surface area contributed by atoms with Crippen molar-refractivity contribution in [1.29, 1.82) is 0 Å². The Balaban J connectivity index is 1.49. The van der Waals surface area contributed by atoms with Crippen molar-refractivity contribution in [2.75, 3.05) is 18.5 Å². The first-order chi connectivity index (χ1) is 10.3. The van der Waals surface area contributed by atoms with Crippen molar-refractivity contribution in [2.24, 2.45) is 0 Å². The Morgan fingerprint density at radius 3 is 2.62 bits per heavy atom. The van der Waals surface area contributed by atoms with Gasteiger partial charge in [-0.2, -0.15) is 0 Å². The van der Waals surface area contributed by atoms with Crippen molar-refractivity contribution >= 4 is 23.1 Å². The van der Waals surface area contributed by atoms with Gasteiger partial charge < -0.3 is 19.5 Å². The number of ether oxygens (including phenoxy) is 3. The number of rotatable bonds is 3. The van der Waals surface area contributed by atoms with Gasteiger partial charge in [-0.3, -0.25) is 0 Å². The number of anilines is 1. The van der Waals surface area contributed by atoms with Crippen molar-refractivity contribution in [3.8, 4) is 11.5 Å². The second-order valence-corrected chi connectivity index (χ2v) is 4.96. The first-order valence-electron chi connectivity index (χ1n) is 6.68. The van der Waals surface area contributed by atoms with Gasteiger partial charge in [-0.15, -0.1) is 0 Å². The Kier molecular flexibility index (Phi) is 4.21. The number of hydrogen-bond donors (Lipinski definition) is 1. The van der Waals surface area contributed by atoms with Crippen molar-refractivity contribution in [2.45, 2.75) is 6.10 Å². The highest BCUT2D eigenvalue weighted by molar-refractivity contribution is 7.80. The fourth-order valence-electron chi connectivity index (χ4n) is 1.99. The van der Waals surface area contributed by atoms with E-state index in [0.717, 1.165) is 17.2 Å². The van der Waals surface area contributed by atoms with Crippen LogP contribution in [0.3, 0.4) is 0 Å². The Morgan fingerprint density at radius 1 is 1.10 bits per heavy atom. The lowest BCUT2D eigenvalue weighted by molar-refractivity contribution is 0.0510. The second-order valence-electron chi connectivity index (χ2n) is 4.59. The molecular formula is C16H15NO3S. The largest absolute Gasteiger partial charge is 0.486 e. The summed E-state index contributed by atoms with van der Waals surface area (Å²) in [7, 11) is 0. The average Bonchev–Trinajstić information content (AvgIpc) is 2.54. The normalized spacial score (nSPS) is 16.1. The lowest BCUT2D eigenvalue weighted by Gasteiger charge is -2.26. The molecule has 1 unspecified atom stereocenters. The summed E-state index contributed by atoms with van der Waals surface area (Å²) >= 11 is 5.15. The molecule has 2 aromatic rings. The Labute approximate surface area is 128 Å². The molecule has 0 spiro atoms. The van der Waals surface area contributed by atoms with Crippen molar-refractivity contribution in [1.82, 2.24) is 0 Å². The number of benzene rings is 2. The second kappa shape index (κ2) is 6.45. The molecule has 108 valence electrons.